The molecule has 1 N–H and O–H groups in total. The fourth-order valence-corrected chi connectivity index (χ4v) is 2.46. The van der Waals surface area contributed by atoms with Crippen molar-refractivity contribution in [2.75, 3.05) is 24.6 Å². The first-order chi connectivity index (χ1) is 10.6. The van der Waals surface area contributed by atoms with Crippen LogP contribution in [0, 0.1) is 6.92 Å². The molecule has 0 saturated heterocycles. The van der Waals surface area contributed by atoms with Crippen LogP contribution in [-0.2, 0) is 4.74 Å². The Kier molecular flexibility index (Phi) is 5.14. The minimum absolute atomic E-state index is 0.223. The van der Waals surface area contributed by atoms with Gasteiger partial charge in [0.1, 0.15) is 5.69 Å². The summed E-state index contributed by atoms with van der Waals surface area (Å²) >= 11 is 0. The topological polar surface area (TPSA) is 71.1 Å². The minimum Gasteiger partial charge on any atom is -0.461 e. The summed E-state index contributed by atoms with van der Waals surface area (Å²) in [5, 5.41) is 10.5. The Balaban J connectivity index is 2.38. The molecule has 0 amide bonds. The van der Waals surface area contributed by atoms with Crippen LogP contribution in [0.15, 0.2) is 18.2 Å². The predicted molar refractivity (Wildman–Crippen MR) is 86.1 cm³/mol. The van der Waals surface area contributed by atoms with Crippen LogP contribution in [0.5, 0.6) is 0 Å². The van der Waals surface area contributed by atoms with E-state index in [1.807, 2.05) is 19.1 Å². The molecule has 1 aromatic carbocycles. The first kappa shape index (κ1) is 16.0. The lowest BCUT2D eigenvalue weighted by atomic mass is 10.0. The molecule has 0 fully saturated rings. The summed E-state index contributed by atoms with van der Waals surface area (Å²) in [5.41, 5.74) is 3.84. The number of ether oxygens (including phenoxy) is 1. The highest BCUT2D eigenvalue weighted by Gasteiger charge is 2.20. The maximum absolute atomic E-state index is 11.9. The van der Waals surface area contributed by atoms with Gasteiger partial charge in [-0.1, -0.05) is 6.07 Å². The van der Waals surface area contributed by atoms with E-state index < -0.39 is 5.97 Å². The number of aromatic nitrogens is 3. The standard InChI is InChI=1S/C16H22N4O2/c1-5-20(6-2)12-8-9-13(11(4)10-12)14-15(18-19-17-14)16(21)22-7-3/h8-10H,5-7H2,1-4H3,(H,17,18,19). The molecular weight excluding hydrogens is 280 g/mol. The maximum Gasteiger partial charge on any atom is 0.361 e. The normalized spacial score (nSPS) is 10.5. The molecule has 6 nitrogen and oxygen atoms in total. The van der Waals surface area contributed by atoms with Crippen molar-refractivity contribution < 1.29 is 9.53 Å². The second-order valence-corrected chi connectivity index (χ2v) is 4.91. The van der Waals surface area contributed by atoms with E-state index in [9.17, 15) is 4.79 Å². The fraction of sp³-hybridized carbons (Fsp3) is 0.438. The van der Waals surface area contributed by atoms with E-state index in [1.54, 1.807) is 6.92 Å². The number of anilines is 1. The molecule has 118 valence electrons. The van der Waals surface area contributed by atoms with E-state index in [0.29, 0.717) is 12.3 Å². The summed E-state index contributed by atoms with van der Waals surface area (Å²) in [7, 11) is 0. The van der Waals surface area contributed by atoms with Gasteiger partial charge in [0, 0.05) is 24.3 Å². The fourth-order valence-electron chi connectivity index (χ4n) is 2.46. The Bertz CT molecular complexity index is 647. The number of nitrogens with zero attached hydrogens (tertiary/aromatic N) is 3. The lowest BCUT2D eigenvalue weighted by molar-refractivity contribution is 0.0520. The van der Waals surface area contributed by atoms with E-state index in [4.69, 9.17) is 4.74 Å². The lowest BCUT2D eigenvalue weighted by Crippen LogP contribution is -2.21. The van der Waals surface area contributed by atoms with Crippen molar-refractivity contribution in [3.63, 3.8) is 0 Å². The first-order valence-electron chi connectivity index (χ1n) is 7.56. The van der Waals surface area contributed by atoms with Gasteiger partial charge in [0.05, 0.1) is 6.61 Å². The summed E-state index contributed by atoms with van der Waals surface area (Å²) in [5.74, 6) is -0.460. The van der Waals surface area contributed by atoms with Crippen LogP contribution in [0.4, 0.5) is 5.69 Å². The molecule has 0 spiro atoms. The Hall–Kier alpha value is -2.37. The second-order valence-electron chi connectivity index (χ2n) is 4.91. The third kappa shape index (κ3) is 3.10. The summed E-state index contributed by atoms with van der Waals surface area (Å²) < 4.78 is 5.02. The Morgan fingerprint density at radius 1 is 1.23 bits per heavy atom. The van der Waals surface area contributed by atoms with Gasteiger partial charge in [-0.05, 0) is 45.4 Å². The zero-order valence-corrected chi connectivity index (χ0v) is 13.5. The molecule has 1 aromatic heterocycles. The first-order valence-corrected chi connectivity index (χ1v) is 7.56. The zero-order chi connectivity index (χ0) is 16.1. The van der Waals surface area contributed by atoms with Crippen LogP contribution < -0.4 is 4.90 Å². The van der Waals surface area contributed by atoms with Gasteiger partial charge in [-0.25, -0.2) is 4.79 Å². The summed E-state index contributed by atoms with van der Waals surface area (Å²) in [4.78, 5) is 14.2. The Labute approximate surface area is 130 Å². The number of carbonyl (C=O) groups excluding carboxylic acids is 1. The smallest absolute Gasteiger partial charge is 0.361 e. The van der Waals surface area contributed by atoms with Crippen LogP contribution in [0.3, 0.4) is 0 Å². The molecule has 6 heteroatoms. The predicted octanol–water partition coefficient (Wildman–Crippen LogP) is 2.80. The molecule has 0 radical (unpaired) electrons. The van der Waals surface area contributed by atoms with Crippen molar-refractivity contribution in [2.24, 2.45) is 0 Å². The average molecular weight is 302 g/mol. The lowest BCUT2D eigenvalue weighted by Gasteiger charge is -2.22. The highest BCUT2D eigenvalue weighted by molar-refractivity contribution is 5.94. The molecule has 0 aliphatic rings. The number of rotatable bonds is 6. The number of esters is 1. The van der Waals surface area contributed by atoms with Gasteiger partial charge in [-0.2, -0.15) is 10.3 Å². The highest BCUT2D eigenvalue weighted by Crippen LogP contribution is 2.28. The van der Waals surface area contributed by atoms with Gasteiger partial charge in [-0.3, -0.25) is 0 Å². The zero-order valence-electron chi connectivity index (χ0n) is 13.5. The highest BCUT2D eigenvalue weighted by atomic mass is 16.5. The van der Waals surface area contributed by atoms with Crippen LogP contribution in [-0.4, -0.2) is 41.1 Å². The van der Waals surface area contributed by atoms with Crippen molar-refractivity contribution in [2.45, 2.75) is 27.7 Å². The summed E-state index contributed by atoms with van der Waals surface area (Å²) in [6.07, 6.45) is 0. The van der Waals surface area contributed by atoms with E-state index in [1.165, 1.54) is 0 Å². The van der Waals surface area contributed by atoms with E-state index in [0.717, 1.165) is 29.9 Å². The van der Waals surface area contributed by atoms with Crippen molar-refractivity contribution in [3.8, 4) is 11.3 Å². The molecule has 1 heterocycles. The summed E-state index contributed by atoms with van der Waals surface area (Å²) in [6.45, 7) is 10.2. The van der Waals surface area contributed by atoms with Crippen LogP contribution in [0.2, 0.25) is 0 Å². The van der Waals surface area contributed by atoms with Crippen LogP contribution >= 0.6 is 0 Å². The molecule has 0 aliphatic carbocycles. The van der Waals surface area contributed by atoms with Crippen molar-refractivity contribution in [1.29, 1.82) is 0 Å². The molecule has 0 atom stereocenters. The molecule has 2 rings (SSSR count). The molecule has 2 aromatic rings. The number of carbonyl (C=O) groups is 1. The number of H-pyrrole nitrogens is 1. The van der Waals surface area contributed by atoms with Crippen LogP contribution in [0.1, 0.15) is 36.8 Å². The SMILES string of the molecule is CCOC(=O)c1n[nH]nc1-c1ccc(N(CC)CC)cc1C. The number of aromatic amines is 1. The molecule has 0 bridgehead atoms. The quantitative estimate of drug-likeness (QED) is 0.831. The van der Waals surface area contributed by atoms with Gasteiger partial charge >= 0.3 is 5.97 Å². The molecule has 0 aliphatic heterocycles. The average Bonchev–Trinajstić information content (AvgIpc) is 2.98. The van der Waals surface area contributed by atoms with Crippen molar-refractivity contribution in [1.82, 2.24) is 15.4 Å². The molecule has 0 saturated carbocycles. The second kappa shape index (κ2) is 7.06. The van der Waals surface area contributed by atoms with E-state index in [2.05, 4.69) is 40.2 Å². The Morgan fingerprint density at radius 3 is 2.55 bits per heavy atom. The van der Waals surface area contributed by atoms with Crippen molar-refractivity contribution >= 4 is 11.7 Å². The van der Waals surface area contributed by atoms with Gasteiger partial charge in [0.15, 0.2) is 5.69 Å². The number of hydrogen-bond acceptors (Lipinski definition) is 5. The summed E-state index contributed by atoms with van der Waals surface area (Å²) in [6, 6.07) is 6.12. The minimum atomic E-state index is -0.460. The number of nitrogens with one attached hydrogen (secondary N) is 1. The maximum atomic E-state index is 11.9. The molecule has 22 heavy (non-hydrogen) atoms. The van der Waals surface area contributed by atoms with Crippen LogP contribution in [0.25, 0.3) is 11.3 Å². The van der Waals surface area contributed by atoms with Gasteiger partial charge < -0.3 is 9.64 Å². The van der Waals surface area contributed by atoms with E-state index in [-0.39, 0.29) is 5.69 Å². The van der Waals surface area contributed by atoms with E-state index >= 15 is 0 Å². The third-order valence-corrected chi connectivity index (χ3v) is 3.61. The number of aryl methyl sites for hydroxylation is 1. The number of benzene rings is 1. The van der Waals surface area contributed by atoms with Gasteiger partial charge in [0.2, 0.25) is 0 Å². The molecule has 0 unspecified atom stereocenters. The number of hydrogen-bond donors (Lipinski definition) is 1. The Morgan fingerprint density at radius 2 is 1.95 bits per heavy atom. The van der Waals surface area contributed by atoms with Crippen molar-refractivity contribution in [3.05, 3.63) is 29.5 Å². The third-order valence-electron chi connectivity index (χ3n) is 3.61. The molecular formula is C16H22N4O2. The monoisotopic (exact) mass is 302 g/mol. The largest absolute Gasteiger partial charge is 0.461 e. The van der Waals surface area contributed by atoms with Gasteiger partial charge in [0.25, 0.3) is 0 Å². The van der Waals surface area contributed by atoms with Gasteiger partial charge in [-0.15, -0.1) is 5.10 Å².